The minimum atomic E-state index is -3.78. The molecule has 3 rings (SSSR count). The van der Waals surface area contributed by atoms with Gasteiger partial charge in [0.15, 0.2) is 0 Å². The van der Waals surface area contributed by atoms with Gasteiger partial charge < -0.3 is 9.47 Å². The molecule has 0 amide bonds. The summed E-state index contributed by atoms with van der Waals surface area (Å²) >= 11 is 0. The van der Waals surface area contributed by atoms with E-state index in [4.69, 9.17) is 9.47 Å². The van der Waals surface area contributed by atoms with Crippen molar-refractivity contribution in [3.8, 4) is 11.5 Å². The molecule has 3 aromatic rings. The van der Waals surface area contributed by atoms with E-state index in [9.17, 15) is 18.5 Å². The second-order valence-corrected chi connectivity index (χ2v) is 9.69. The molecule has 0 aliphatic rings. The summed E-state index contributed by atoms with van der Waals surface area (Å²) in [6.07, 6.45) is 0. The highest BCUT2D eigenvalue weighted by atomic mass is 32.2. The normalized spacial score (nSPS) is 11.8. The third kappa shape index (κ3) is 7.28. The number of ether oxygens (including phenoxy) is 2. The number of hydrogen-bond acceptors (Lipinski definition) is 7. The lowest BCUT2D eigenvalue weighted by molar-refractivity contribution is -0.384. The van der Waals surface area contributed by atoms with Crippen LogP contribution < -0.4 is 14.3 Å². The third-order valence-corrected chi connectivity index (χ3v) is 6.21. The average molecular weight is 498 g/mol. The van der Waals surface area contributed by atoms with E-state index in [-0.39, 0.29) is 29.7 Å². The Morgan fingerprint density at radius 3 is 1.91 bits per heavy atom. The highest BCUT2D eigenvalue weighted by Crippen LogP contribution is 2.19. The van der Waals surface area contributed by atoms with Crippen LogP contribution in [-0.4, -0.2) is 32.3 Å². The maximum atomic E-state index is 12.6. The number of nitro groups is 1. The predicted molar refractivity (Wildman–Crippen MR) is 133 cm³/mol. The van der Waals surface area contributed by atoms with Gasteiger partial charge in [-0.3, -0.25) is 10.1 Å². The first-order chi connectivity index (χ1) is 16.7. The van der Waals surface area contributed by atoms with E-state index in [2.05, 4.69) is 9.93 Å². The summed E-state index contributed by atoms with van der Waals surface area (Å²) in [6, 6.07) is 19.5. The molecule has 0 fully saturated rings. The molecule has 0 aliphatic heterocycles. The molecule has 35 heavy (non-hydrogen) atoms. The molecule has 1 N–H and O–H groups in total. The molecule has 3 aromatic carbocycles. The van der Waals surface area contributed by atoms with Gasteiger partial charge in [0.1, 0.15) is 24.7 Å². The number of benzene rings is 3. The lowest BCUT2D eigenvalue weighted by Gasteiger charge is -2.13. The maximum Gasteiger partial charge on any atom is 0.276 e. The Bertz CT molecular complexity index is 1270. The van der Waals surface area contributed by atoms with Crippen LogP contribution in [-0.2, 0) is 10.0 Å². The molecule has 0 bridgehead atoms. The van der Waals surface area contributed by atoms with Crippen LogP contribution in [0.3, 0.4) is 0 Å². The summed E-state index contributed by atoms with van der Waals surface area (Å²) in [5, 5.41) is 14.9. The Morgan fingerprint density at radius 2 is 1.43 bits per heavy atom. The quantitative estimate of drug-likeness (QED) is 0.177. The van der Waals surface area contributed by atoms with Gasteiger partial charge in [-0.05, 0) is 66.9 Å². The minimum Gasteiger partial charge on any atom is -0.490 e. The fourth-order valence-corrected chi connectivity index (χ4v) is 3.93. The van der Waals surface area contributed by atoms with Crippen molar-refractivity contribution in [3.05, 3.63) is 94.0 Å². The van der Waals surface area contributed by atoms with E-state index in [1.54, 1.807) is 36.4 Å². The standard InChI is InChI=1S/C25H27N3O6S/c1-18(2)25(26-27-35(31,32)24-14-4-19(3)5-15-24)20-6-10-22(11-7-20)33-16-17-34-23-12-8-21(9-13-23)28(29)30/h4-15,18,27H,16-17H2,1-3H3. The van der Waals surface area contributed by atoms with Crippen molar-refractivity contribution < 1.29 is 22.8 Å². The average Bonchev–Trinajstić information content (AvgIpc) is 2.83. The zero-order valence-electron chi connectivity index (χ0n) is 19.7. The van der Waals surface area contributed by atoms with Gasteiger partial charge >= 0.3 is 0 Å². The van der Waals surface area contributed by atoms with Crippen molar-refractivity contribution in [3.63, 3.8) is 0 Å². The van der Waals surface area contributed by atoms with Gasteiger partial charge in [0.25, 0.3) is 15.7 Å². The second kappa shape index (κ2) is 11.5. The molecule has 0 spiro atoms. The molecule has 0 atom stereocenters. The van der Waals surface area contributed by atoms with E-state index in [1.165, 1.54) is 24.3 Å². The van der Waals surface area contributed by atoms with Crippen LogP contribution in [0.2, 0.25) is 0 Å². The van der Waals surface area contributed by atoms with Gasteiger partial charge in [-0.1, -0.05) is 31.5 Å². The Hall–Kier alpha value is -3.92. The highest BCUT2D eigenvalue weighted by molar-refractivity contribution is 7.89. The van der Waals surface area contributed by atoms with Crippen LogP contribution in [0.1, 0.15) is 25.0 Å². The summed E-state index contributed by atoms with van der Waals surface area (Å²) in [7, 11) is -3.78. The molecule has 0 unspecified atom stereocenters. The van der Waals surface area contributed by atoms with Crippen LogP contribution in [0.15, 0.2) is 82.8 Å². The Kier molecular flexibility index (Phi) is 8.43. The van der Waals surface area contributed by atoms with E-state index < -0.39 is 14.9 Å². The molecular weight excluding hydrogens is 470 g/mol. The van der Waals surface area contributed by atoms with Gasteiger partial charge in [0.05, 0.1) is 15.5 Å². The summed E-state index contributed by atoms with van der Waals surface area (Å²) in [6.45, 7) is 6.28. The first kappa shape index (κ1) is 25.7. The van der Waals surface area contributed by atoms with E-state index in [0.29, 0.717) is 17.2 Å². The Labute approximate surface area is 204 Å². The van der Waals surface area contributed by atoms with Crippen LogP contribution in [0, 0.1) is 23.0 Å². The maximum absolute atomic E-state index is 12.6. The summed E-state index contributed by atoms with van der Waals surface area (Å²) < 4.78 is 36.4. The number of rotatable bonds is 11. The number of non-ortho nitro benzene ring substituents is 1. The number of hydrazone groups is 1. The smallest absolute Gasteiger partial charge is 0.276 e. The molecule has 0 radical (unpaired) electrons. The van der Waals surface area contributed by atoms with Crippen molar-refractivity contribution >= 4 is 21.4 Å². The van der Waals surface area contributed by atoms with Gasteiger partial charge in [-0.15, -0.1) is 0 Å². The monoisotopic (exact) mass is 497 g/mol. The van der Waals surface area contributed by atoms with E-state index in [0.717, 1.165) is 11.1 Å². The first-order valence-corrected chi connectivity index (χ1v) is 12.4. The summed E-state index contributed by atoms with van der Waals surface area (Å²) in [5.41, 5.74) is 2.33. The fourth-order valence-electron chi connectivity index (χ4n) is 3.11. The first-order valence-electron chi connectivity index (χ1n) is 10.9. The zero-order chi connectivity index (χ0) is 25.4. The minimum absolute atomic E-state index is 0.000875. The largest absolute Gasteiger partial charge is 0.490 e. The number of aryl methyl sites for hydroxylation is 1. The van der Waals surface area contributed by atoms with Crippen molar-refractivity contribution in [2.24, 2.45) is 11.0 Å². The second-order valence-electron chi connectivity index (χ2n) is 8.03. The molecule has 0 saturated heterocycles. The zero-order valence-corrected chi connectivity index (χ0v) is 20.5. The van der Waals surface area contributed by atoms with E-state index in [1.807, 2.05) is 32.9 Å². The highest BCUT2D eigenvalue weighted by Gasteiger charge is 2.15. The van der Waals surface area contributed by atoms with Gasteiger partial charge in [-0.25, -0.2) is 0 Å². The lowest BCUT2D eigenvalue weighted by atomic mass is 10.0. The van der Waals surface area contributed by atoms with Gasteiger partial charge in [-0.2, -0.15) is 18.4 Å². The number of nitrogens with one attached hydrogen (secondary N) is 1. The van der Waals surface area contributed by atoms with Crippen LogP contribution >= 0.6 is 0 Å². The number of nitro benzene ring substituents is 1. The van der Waals surface area contributed by atoms with Crippen LogP contribution in [0.4, 0.5) is 5.69 Å². The number of nitrogens with zero attached hydrogens (tertiary/aromatic N) is 2. The molecule has 9 nitrogen and oxygen atoms in total. The fraction of sp³-hybridized carbons (Fsp3) is 0.240. The number of hydrogen-bond donors (Lipinski definition) is 1. The van der Waals surface area contributed by atoms with Gasteiger partial charge in [0.2, 0.25) is 0 Å². The Morgan fingerprint density at radius 1 is 0.914 bits per heavy atom. The van der Waals surface area contributed by atoms with Crippen molar-refractivity contribution in [2.75, 3.05) is 13.2 Å². The SMILES string of the molecule is Cc1ccc(S(=O)(=O)NN=C(c2ccc(OCCOc3ccc([N+](=O)[O-])cc3)cc2)C(C)C)cc1. The lowest BCUT2D eigenvalue weighted by Crippen LogP contribution is -2.22. The van der Waals surface area contributed by atoms with Crippen LogP contribution in [0.25, 0.3) is 0 Å². The molecule has 0 aromatic heterocycles. The van der Waals surface area contributed by atoms with Crippen molar-refractivity contribution in [1.29, 1.82) is 0 Å². The molecule has 0 heterocycles. The van der Waals surface area contributed by atoms with Crippen molar-refractivity contribution in [1.82, 2.24) is 4.83 Å². The van der Waals surface area contributed by atoms with Crippen LogP contribution in [0.5, 0.6) is 11.5 Å². The molecule has 10 heteroatoms. The number of sulfonamides is 1. The van der Waals surface area contributed by atoms with Gasteiger partial charge in [0, 0.05) is 12.1 Å². The molecule has 0 saturated carbocycles. The van der Waals surface area contributed by atoms with Crippen molar-refractivity contribution in [2.45, 2.75) is 25.7 Å². The molecular formula is C25H27N3O6S. The third-order valence-electron chi connectivity index (χ3n) is 4.98. The Balaban J connectivity index is 1.57. The topological polar surface area (TPSA) is 120 Å². The summed E-state index contributed by atoms with van der Waals surface area (Å²) in [5.74, 6) is 1.10. The molecule has 0 aliphatic carbocycles. The summed E-state index contributed by atoms with van der Waals surface area (Å²) in [4.78, 5) is 12.7. The predicted octanol–water partition coefficient (Wildman–Crippen LogP) is 4.70. The molecule has 184 valence electrons. The van der Waals surface area contributed by atoms with E-state index >= 15 is 0 Å².